The predicted molar refractivity (Wildman–Crippen MR) is 50.2 cm³/mol. The number of benzene rings is 1. The van der Waals surface area contributed by atoms with Gasteiger partial charge in [0.05, 0.1) is 18.0 Å². The van der Waals surface area contributed by atoms with Gasteiger partial charge in [-0.05, 0) is 19.1 Å². The van der Waals surface area contributed by atoms with Crippen molar-refractivity contribution in [1.82, 2.24) is 0 Å². The largest absolute Gasteiger partial charge is 0.361 e. The van der Waals surface area contributed by atoms with E-state index in [1.165, 1.54) is 0 Å². The first-order valence-electron chi connectivity index (χ1n) is 4.19. The first-order chi connectivity index (χ1) is 6.21. The molecule has 0 spiro atoms. The third-order valence-corrected chi connectivity index (χ3v) is 3.93. The van der Waals surface area contributed by atoms with Gasteiger partial charge in [0.1, 0.15) is 0 Å². The standard InChI is InChI=1S/C9H11O3P/c1-8-7-11-13(10,12-8)9-5-3-2-4-6-9/h2-6,8H,7H2,1H3. The molecule has 4 heteroatoms. The number of rotatable bonds is 1. The minimum absolute atomic E-state index is 0.0777. The third-order valence-electron chi connectivity index (χ3n) is 1.87. The lowest BCUT2D eigenvalue weighted by Crippen LogP contribution is -2.05. The molecule has 3 nitrogen and oxygen atoms in total. The summed E-state index contributed by atoms with van der Waals surface area (Å²) >= 11 is 0. The van der Waals surface area contributed by atoms with Gasteiger partial charge in [-0.25, -0.2) is 0 Å². The average molecular weight is 198 g/mol. The molecule has 2 unspecified atom stereocenters. The summed E-state index contributed by atoms with van der Waals surface area (Å²) in [6.45, 7) is 2.26. The molecular formula is C9H11O3P. The fraction of sp³-hybridized carbons (Fsp3) is 0.333. The maximum Gasteiger partial charge on any atom is 0.361 e. The SMILES string of the molecule is CC1COP(=O)(c2ccccc2)O1. The second-order valence-corrected chi connectivity index (χ2v) is 5.03. The Morgan fingerprint density at radius 3 is 2.62 bits per heavy atom. The van der Waals surface area contributed by atoms with Crippen LogP contribution in [0.2, 0.25) is 0 Å². The lowest BCUT2D eigenvalue weighted by atomic mass is 10.4. The van der Waals surface area contributed by atoms with Gasteiger partial charge in [-0.2, -0.15) is 0 Å². The molecule has 0 aromatic heterocycles. The number of hydrogen-bond donors (Lipinski definition) is 0. The highest BCUT2D eigenvalue weighted by atomic mass is 31.2. The Kier molecular flexibility index (Phi) is 2.24. The topological polar surface area (TPSA) is 35.5 Å². The maximum atomic E-state index is 12.0. The van der Waals surface area contributed by atoms with Crippen LogP contribution in [0.1, 0.15) is 6.92 Å². The second kappa shape index (κ2) is 3.26. The lowest BCUT2D eigenvalue weighted by Gasteiger charge is -2.09. The Hall–Kier alpha value is -0.630. The summed E-state index contributed by atoms with van der Waals surface area (Å²) in [6.07, 6.45) is -0.0777. The van der Waals surface area contributed by atoms with Crippen LogP contribution in [0, 0.1) is 0 Å². The van der Waals surface area contributed by atoms with E-state index in [2.05, 4.69) is 0 Å². The normalized spacial score (nSPS) is 33.5. The molecule has 0 aliphatic carbocycles. The maximum absolute atomic E-state index is 12.0. The van der Waals surface area contributed by atoms with Gasteiger partial charge >= 0.3 is 7.60 Å². The molecule has 1 aromatic rings. The Morgan fingerprint density at radius 1 is 1.38 bits per heavy atom. The molecule has 2 atom stereocenters. The lowest BCUT2D eigenvalue weighted by molar-refractivity contribution is 0.258. The zero-order valence-electron chi connectivity index (χ0n) is 7.34. The van der Waals surface area contributed by atoms with E-state index in [9.17, 15) is 4.57 Å². The minimum Gasteiger partial charge on any atom is -0.302 e. The van der Waals surface area contributed by atoms with Crippen LogP contribution in [0.25, 0.3) is 0 Å². The van der Waals surface area contributed by atoms with Crippen molar-refractivity contribution in [2.24, 2.45) is 0 Å². The first-order valence-corrected chi connectivity index (χ1v) is 5.73. The van der Waals surface area contributed by atoms with Crippen LogP contribution < -0.4 is 5.30 Å². The molecule has 0 amide bonds. The van der Waals surface area contributed by atoms with Crippen molar-refractivity contribution < 1.29 is 13.6 Å². The van der Waals surface area contributed by atoms with Gasteiger partial charge in [-0.3, -0.25) is 9.09 Å². The van der Waals surface area contributed by atoms with Crippen LogP contribution in [0.3, 0.4) is 0 Å². The van der Waals surface area contributed by atoms with Crippen molar-refractivity contribution in [3.63, 3.8) is 0 Å². The van der Waals surface area contributed by atoms with Crippen molar-refractivity contribution in [2.45, 2.75) is 13.0 Å². The summed E-state index contributed by atoms with van der Waals surface area (Å²) in [5.41, 5.74) is 0. The summed E-state index contributed by atoms with van der Waals surface area (Å²) in [7, 11) is -2.98. The molecule has 1 aliphatic rings. The molecule has 0 bridgehead atoms. The van der Waals surface area contributed by atoms with Crippen LogP contribution >= 0.6 is 7.60 Å². The van der Waals surface area contributed by atoms with E-state index >= 15 is 0 Å². The van der Waals surface area contributed by atoms with Crippen LogP contribution in [0.4, 0.5) is 0 Å². The highest BCUT2D eigenvalue weighted by Gasteiger charge is 2.36. The highest BCUT2D eigenvalue weighted by Crippen LogP contribution is 2.52. The van der Waals surface area contributed by atoms with E-state index in [4.69, 9.17) is 9.05 Å². The Bertz CT molecular complexity index is 336. The van der Waals surface area contributed by atoms with Gasteiger partial charge in [0.25, 0.3) is 0 Å². The summed E-state index contributed by atoms with van der Waals surface area (Å²) in [4.78, 5) is 0. The van der Waals surface area contributed by atoms with E-state index in [0.29, 0.717) is 11.9 Å². The van der Waals surface area contributed by atoms with Gasteiger partial charge < -0.3 is 4.52 Å². The first kappa shape index (κ1) is 8.95. The fourth-order valence-corrected chi connectivity index (χ4v) is 3.06. The Morgan fingerprint density at radius 2 is 2.08 bits per heavy atom. The highest BCUT2D eigenvalue weighted by molar-refractivity contribution is 7.62. The predicted octanol–water partition coefficient (Wildman–Crippen LogP) is 1.94. The van der Waals surface area contributed by atoms with Crippen molar-refractivity contribution in [2.75, 3.05) is 6.61 Å². The van der Waals surface area contributed by atoms with Crippen LogP contribution in [0.5, 0.6) is 0 Å². The van der Waals surface area contributed by atoms with Crippen LogP contribution in [-0.2, 0) is 13.6 Å². The molecule has 1 aliphatic heterocycles. The molecule has 0 N–H and O–H groups in total. The van der Waals surface area contributed by atoms with Gasteiger partial charge in [0.15, 0.2) is 0 Å². The summed E-state index contributed by atoms with van der Waals surface area (Å²) < 4.78 is 22.4. The summed E-state index contributed by atoms with van der Waals surface area (Å²) in [5, 5.41) is 0.638. The molecular weight excluding hydrogens is 187 g/mol. The molecule has 1 fully saturated rings. The average Bonchev–Trinajstić information content (AvgIpc) is 2.49. The smallest absolute Gasteiger partial charge is 0.302 e. The minimum atomic E-state index is -2.98. The summed E-state index contributed by atoms with van der Waals surface area (Å²) in [6, 6.07) is 9.04. The van der Waals surface area contributed by atoms with Gasteiger partial charge in [-0.1, -0.05) is 18.2 Å². The van der Waals surface area contributed by atoms with Crippen molar-refractivity contribution >= 4 is 12.9 Å². The molecule has 70 valence electrons. The van der Waals surface area contributed by atoms with Crippen molar-refractivity contribution in [3.8, 4) is 0 Å². The zero-order valence-corrected chi connectivity index (χ0v) is 8.24. The van der Waals surface area contributed by atoms with Crippen LogP contribution in [0.15, 0.2) is 30.3 Å². The van der Waals surface area contributed by atoms with E-state index in [1.807, 2.05) is 25.1 Å². The molecule has 1 saturated heterocycles. The Balaban J connectivity index is 2.32. The molecule has 13 heavy (non-hydrogen) atoms. The molecule has 1 aromatic carbocycles. The van der Waals surface area contributed by atoms with E-state index in [1.54, 1.807) is 12.1 Å². The second-order valence-electron chi connectivity index (χ2n) is 3.04. The van der Waals surface area contributed by atoms with Crippen molar-refractivity contribution in [3.05, 3.63) is 30.3 Å². The Labute approximate surface area is 77.2 Å². The summed E-state index contributed by atoms with van der Waals surface area (Å²) in [5.74, 6) is 0. The van der Waals surface area contributed by atoms with E-state index in [-0.39, 0.29) is 6.10 Å². The monoisotopic (exact) mass is 198 g/mol. The van der Waals surface area contributed by atoms with Gasteiger partial charge in [-0.15, -0.1) is 0 Å². The molecule has 0 radical (unpaired) electrons. The van der Waals surface area contributed by atoms with Gasteiger partial charge in [0, 0.05) is 0 Å². The molecule has 1 heterocycles. The quantitative estimate of drug-likeness (QED) is 0.647. The van der Waals surface area contributed by atoms with Crippen LogP contribution in [-0.4, -0.2) is 12.7 Å². The van der Waals surface area contributed by atoms with Crippen molar-refractivity contribution in [1.29, 1.82) is 0 Å². The fourth-order valence-electron chi connectivity index (χ4n) is 1.25. The van der Waals surface area contributed by atoms with E-state index in [0.717, 1.165) is 0 Å². The number of hydrogen-bond acceptors (Lipinski definition) is 3. The third kappa shape index (κ3) is 1.68. The van der Waals surface area contributed by atoms with Gasteiger partial charge in [0.2, 0.25) is 0 Å². The van der Waals surface area contributed by atoms with E-state index < -0.39 is 7.60 Å². The molecule has 0 saturated carbocycles. The zero-order chi connectivity index (χ0) is 9.31. The molecule has 2 rings (SSSR count).